The highest BCUT2D eigenvalue weighted by Gasteiger charge is 2.53. The minimum atomic E-state index is -0.759. The lowest BCUT2D eigenvalue weighted by Crippen LogP contribution is -2.46. The number of amides is 1. The highest BCUT2D eigenvalue weighted by Crippen LogP contribution is 2.41. The van der Waals surface area contributed by atoms with Crippen molar-refractivity contribution in [1.82, 2.24) is 10.2 Å². The fourth-order valence-corrected chi connectivity index (χ4v) is 5.02. The molecule has 0 radical (unpaired) electrons. The lowest BCUT2D eigenvalue weighted by molar-refractivity contribution is -0.133. The molecule has 0 aromatic rings. The van der Waals surface area contributed by atoms with Gasteiger partial charge in [0.1, 0.15) is 0 Å². The first-order chi connectivity index (χ1) is 10.1. The second-order valence-corrected chi connectivity index (χ2v) is 8.61. The molecule has 0 aromatic heterocycles. The Morgan fingerprint density at radius 1 is 1.24 bits per heavy atom. The zero-order valence-electron chi connectivity index (χ0n) is 13.1. The molecule has 1 N–H and O–H groups in total. The van der Waals surface area contributed by atoms with Gasteiger partial charge in [0.05, 0.1) is 11.7 Å². The summed E-state index contributed by atoms with van der Waals surface area (Å²) in [7, 11) is -0.759. The van der Waals surface area contributed by atoms with E-state index in [9.17, 15) is 9.00 Å². The Hall–Kier alpha value is -0.420. The number of rotatable bonds is 5. The van der Waals surface area contributed by atoms with Crippen LogP contribution in [-0.4, -0.2) is 45.3 Å². The van der Waals surface area contributed by atoms with Crippen molar-refractivity contribution in [3.05, 3.63) is 0 Å². The highest BCUT2D eigenvalue weighted by molar-refractivity contribution is 7.84. The first-order valence-corrected chi connectivity index (χ1v) is 10.2. The number of nitrogens with one attached hydrogen (secondary N) is 1. The molecule has 120 valence electrons. The number of carbonyl (C=O) groups is 1. The minimum Gasteiger partial charge on any atom is -0.325 e. The van der Waals surface area contributed by atoms with Gasteiger partial charge in [0.25, 0.3) is 0 Å². The number of hydrogen-bond donors (Lipinski definition) is 1. The molecule has 2 saturated carbocycles. The molecule has 5 heteroatoms. The number of nitrogens with zero attached hydrogens (tertiary/aromatic N) is 1. The first-order valence-electron chi connectivity index (χ1n) is 8.51. The van der Waals surface area contributed by atoms with Crippen molar-refractivity contribution in [2.45, 2.75) is 69.5 Å². The van der Waals surface area contributed by atoms with E-state index in [2.05, 4.69) is 10.2 Å². The average molecular weight is 312 g/mol. The van der Waals surface area contributed by atoms with Gasteiger partial charge in [-0.05, 0) is 38.0 Å². The third-order valence-corrected chi connectivity index (χ3v) is 6.43. The molecule has 1 spiro atoms. The van der Waals surface area contributed by atoms with Crippen LogP contribution in [0.15, 0.2) is 0 Å². The molecule has 3 fully saturated rings. The van der Waals surface area contributed by atoms with E-state index in [4.69, 9.17) is 0 Å². The van der Waals surface area contributed by atoms with Gasteiger partial charge in [0.2, 0.25) is 5.91 Å². The standard InChI is InChI=1S/C16H28N2O2S/c1-21(20)12-6-11-18-14(13-7-2-3-8-13)17-16(15(18)19)9-4-5-10-16/h13-14,17H,2-12H2,1H3. The fourth-order valence-electron chi connectivity index (χ4n) is 4.48. The monoisotopic (exact) mass is 312 g/mol. The molecule has 1 aliphatic heterocycles. The molecule has 1 amide bonds. The molecule has 2 atom stereocenters. The summed E-state index contributed by atoms with van der Waals surface area (Å²) in [6.07, 6.45) is 12.3. The first kappa shape index (κ1) is 15.5. The molecule has 1 saturated heterocycles. The lowest BCUT2D eigenvalue weighted by atomic mass is 9.97. The van der Waals surface area contributed by atoms with Crippen molar-refractivity contribution in [1.29, 1.82) is 0 Å². The van der Waals surface area contributed by atoms with Crippen LogP contribution in [0.2, 0.25) is 0 Å². The number of carbonyl (C=O) groups excluding carboxylic acids is 1. The smallest absolute Gasteiger partial charge is 0.244 e. The largest absolute Gasteiger partial charge is 0.325 e. The summed E-state index contributed by atoms with van der Waals surface area (Å²) in [5, 5.41) is 3.75. The van der Waals surface area contributed by atoms with Gasteiger partial charge in [0.15, 0.2) is 0 Å². The van der Waals surface area contributed by atoms with Crippen LogP contribution in [-0.2, 0) is 15.6 Å². The summed E-state index contributed by atoms with van der Waals surface area (Å²) in [5.41, 5.74) is -0.251. The zero-order valence-corrected chi connectivity index (χ0v) is 13.9. The van der Waals surface area contributed by atoms with Gasteiger partial charge in [-0.15, -0.1) is 0 Å². The fraction of sp³-hybridized carbons (Fsp3) is 0.938. The van der Waals surface area contributed by atoms with Crippen LogP contribution in [0, 0.1) is 5.92 Å². The minimum absolute atomic E-state index is 0.239. The van der Waals surface area contributed by atoms with E-state index in [1.165, 1.54) is 38.5 Å². The predicted molar refractivity (Wildman–Crippen MR) is 85.3 cm³/mol. The van der Waals surface area contributed by atoms with E-state index in [0.717, 1.165) is 25.8 Å². The van der Waals surface area contributed by atoms with E-state index in [1.807, 2.05) is 0 Å². The molecule has 2 unspecified atom stereocenters. The van der Waals surface area contributed by atoms with E-state index >= 15 is 0 Å². The van der Waals surface area contributed by atoms with E-state index in [1.54, 1.807) is 6.26 Å². The maximum atomic E-state index is 13.0. The SMILES string of the molecule is CS(=O)CCCN1C(=O)C2(CCCC2)NC1C1CCCC1. The Kier molecular flexibility index (Phi) is 4.69. The van der Waals surface area contributed by atoms with Gasteiger partial charge in [0, 0.05) is 29.4 Å². The van der Waals surface area contributed by atoms with E-state index in [0.29, 0.717) is 17.6 Å². The predicted octanol–water partition coefficient (Wildman–Crippen LogP) is 2.02. The Balaban J connectivity index is 1.71. The van der Waals surface area contributed by atoms with Crippen LogP contribution in [0.3, 0.4) is 0 Å². The van der Waals surface area contributed by atoms with Crippen LogP contribution < -0.4 is 5.32 Å². The molecule has 4 nitrogen and oxygen atoms in total. The molecular weight excluding hydrogens is 284 g/mol. The summed E-state index contributed by atoms with van der Waals surface area (Å²) in [5.74, 6) is 1.66. The molecule has 0 aromatic carbocycles. The van der Waals surface area contributed by atoms with Gasteiger partial charge in [-0.1, -0.05) is 25.7 Å². The molecular formula is C16H28N2O2S. The van der Waals surface area contributed by atoms with Gasteiger partial charge < -0.3 is 4.90 Å². The molecule has 3 rings (SSSR count). The molecule has 0 bridgehead atoms. The van der Waals surface area contributed by atoms with Crippen LogP contribution in [0.4, 0.5) is 0 Å². The summed E-state index contributed by atoms with van der Waals surface area (Å²) < 4.78 is 11.3. The average Bonchev–Trinajstić information content (AvgIpc) is 3.15. The van der Waals surface area contributed by atoms with Crippen molar-refractivity contribution in [3.8, 4) is 0 Å². The van der Waals surface area contributed by atoms with Crippen LogP contribution >= 0.6 is 0 Å². The Morgan fingerprint density at radius 2 is 1.90 bits per heavy atom. The summed E-state index contributed by atoms with van der Waals surface area (Å²) in [6.45, 7) is 0.772. The lowest BCUT2D eigenvalue weighted by Gasteiger charge is -2.29. The van der Waals surface area contributed by atoms with Crippen LogP contribution in [0.25, 0.3) is 0 Å². The Morgan fingerprint density at radius 3 is 2.52 bits per heavy atom. The normalized spacial score (nSPS) is 30.6. The Bertz CT molecular complexity index is 415. The van der Waals surface area contributed by atoms with Gasteiger partial charge in [-0.25, -0.2) is 0 Å². The summed E-state index contributed by atoms with van der Waals surface area (Å²) >= 11 is 0. The highest BCUT2D eigenvalue weighted by atomic mass is 32.2. The maximum absolute atomic E-state index is 13.0. The quantitative estimate of drug-likeness (QED) is 0.845. The molecule has 21 heavy (non-hydrogen) atoms. The van der Waals surface area contributed by atoms with Gasteiger partial charge >= 0.3 is 0 Å². The second kappa shape index (κ2) is 6.37. The van der Waals surface area contributed by atoms with Crippen LogP contribution in [0.5, 0.6) is 0 Å². The second-order valence-electron chi connectivity index (χ2n) is 7.05. The van der Waals surface area contributed by atoms with Crippen molar-refractivity contribution in [2.75, 3.05) is 18.6 Å². The van der Waals surface area contributed by atoms with E-state index in [-0.39, 0.29) is 11.7 Å². The third-order valence-electron chi connectivity index (χ3n) is 5.56. The van der Waals surface area contributed by atoms with E-state index < -0.39 is 10.8 Å². The van der Waals surface area contributed by atoms with Crippen molar-refractivity contribution >= 4 is 16.7 Å². The maximum Gasteiger partial charge on any atom is 0.244 e. The van der Waals surface area contributed by atoms with Crippen molar-refractivity contribution < 1.29 is 9.00 Å². The van der Waals surface area contributed by atoms with Crippen molar-refractivity contribution in [3.63, 3.8) is 0 Å². The third kappa shape index (κ3) is 3.04. The van der Waals surface area contributed by atoms with Crippen molar-refractivity contribution in [2.24, 2.45) is 5.92 Å². The van der Waals surface area contributed by atoms with Crippen LogP contribution in [0.1, 0.15) is 57.8 Å². The topological polar surface area (TPSA) is 49.4 Å². The molecule has 1 heterocycles. The van der Waals surface area contributed by atoms with Gasteiger partial charge in [-0.2, -0.15) is 0 Å². The summed E-state index contributed by atoms with van der Waals surface area (Å²) in [4.78, 5) is 15.1. The summed E-state index contributed by atoms with van der Waals surface area (Å²) in [6, 6.07) is 0. The zero-order chi connectivity index (χ0) is 14.9. The number of hydrogen-bond acceptors (Lipinski definition) is 3. The van der Waals surface area contributed by atoms with Gasteiger partial charge in [-0.3, -0.25) is 14.3 Å². The molecule has 3 aliphatic rings. The Labute approximate surface area is 130 Å². The molecule has 2 aliphatic carbocycles.